The lowest BCUT2D eigenvalue weighted by Crippen LogP contribution is -2.30. The van der Waals surface area contributed by atoms with E-state index in [1.807, 2.05) is 0 Å². The van der Waals surface area contributed by atoms with Crippen LogP contribution in [0.2, 0.25) is 0 Å². The molecular formula is C78H152O17P2. The highest BCUT2D eigenvalue weighted by atomic mass is 31.2. The van der Waals surface area contributed by atoms with E-state index in [0.717, 1.165) is 95.8 Å². The van der Waals surface area contributed by atoms with Crippen molar-refractivity contribution in [3.05, 3.63) is 0 Å². The summed E-state index contributed by atoms with van der Waals surface area (Å²) in [6, 6.07) is 0. The van der Waals surface area contributed by atoms with Gasteiger partial charge in [-0.3, -0.25) is 37.3 Å². The van der Waals surface area contributed by atoms with Crippen molar-refractivity contribution in [1.29, 1.82) is 0 Å². The van der Waals surface area contributed by atoms with E-state index in [-0.39, 0.29) is 25.7 Å². The van der Waals surface area contributed by atoms with Crippen molar-refractivity contribution in [1.82, 2.24) is 0 Å². The summed E-state index contributed by atoms with van der Waals surface area (Å²) < 4.78 is 68.6. The number of carbonyl (C=O) groups is 4. The fourth-order valence-corrected chi connectivity index (χ4v) is 13.6. The summed E-state index contributed by atoms with van der Waals surface area (Å²) in [4.78, 5) is 72.8. The van der Waals surface area contributed by atoms with E-state index >= 15 is 0 Å². The molecule has 0 radical (unpaired) electrons. The molecule has 0 aromatic rings. The Morgan fingerprint density at radius 1 is 0.278 bits per heavy atom. The van der Waals surface area contributed by atoms with Gasteiger partial charge in [0.25, 0.3) is 0 Å². The molecule has 0 saturated carbocycles. The molecule has 0 heterocycles. The zero-order valence-electron chi connectivity index (χ0n) is 63.2. The highest BCUT2D eigenvalue weighted by Crippen LogP contribution is 2.45. The maximum absolute atomic E-state index is 13.1. The Morgan fingerprint density at radius 2 is 0.474 bits per heavy atom. The number of aliphatic hydroxyl groups is 1. The lowest BCUT2D eigenvalue weighted by atomic mass is 10.0. The van der Waals surface area contributed by atoms with Gasteiger partial charge in [-0.1, -0.05) is 362 Å². The smallest absolute Gasteiger partial charge is 0.462 e. The molecule has 0 spiro atoms. The third-order valence-electron chi connectivity index (χ3n) is 18.3. The summed E-state index contributed by atoms with van der Waals surface area (Å²) in [5.74, 6) is -1.38. The fraction of sp³-hybridized carbons (Fsp3) is 0.949. The van der Waals surface area contributed by atoms with E-state index in [1.165, 1.54) is 238 Å². The van der Waals surface area contributed by atoms with Gasteiger partial charge in [0.15, 0.2) is 12.2 Å². The average Bonchev–Trinajstić information content (AvgIpc) is 3.78. The fourth-order valence-electron chi connectivity index (χ4n) is 12.1. The molecule has 0 aromatic heterocycles. The second-order valence-electron chi connectivity index (χ2n) is 28.6. The van der Waals surface area contributed by atoms with Gasteiger partial charge >= 0.3 is 39.5 Å². The van der Waals surface area contributed by atoms with Gasteiger partial charge in [-0.2, -0.15) is 0 Å². The second kappa shape index (κ2) is 71.1. The van der Waals surface area contributed by atoms with Gasteiger partial charge in [-0.05, 0) is 31.6 Å². The quantitative estimate of drug-likeness (QED) is 0.0222. The van der Waals surface area contributed by atoms with Gasteiger partial charge in [-0.25, -0.2) is 9.13 Å². The molecule has 2 unspecified atom stereocenters. The molecule has 3 N–H and O–H groups in total. The molecule has 0 aliphatic heterocycles. The maximum Gasteiger partial charge on any atom is 0.472 e. The third kappa shape index (κ3) is 72.2. The number of phosphoric ester groups is 2. The predicted molar refractivity (Wildman–Crippen MR) is 395 cm³/mol. The average molecular weight is 1420 g/mol. The van der Waals surface area contributed by atoms with Gasteiger partial charge < -0.3 is 33.8 Å². The maximum atomic E-state index is 13.1. The van der Waals surface area contributed by atoms with Crippen LogP contribution in [0.4, 0.5) is 0 Å². The van der Waals surface area contributed by atoms with Gasteiger partial charge in [0, 0.05) is 25.7 Å². The molecule has 0 rings (SSSR count). The normalized spacial score (nSPS) is 13.9. The zero-order valence-corrected chi connectivity index (χ0v) is 65.0. The van der Waals surface area contributed by atoms with Crippen molar-refractivity contribution in [3.63, 3.8) is 0 Å². The van der Waals surface area contributed by atoms with Crippen molar-refractivity contribution in [2.45, 2.75) is 432 Å². The molecule has 19 heteroatoms. The second-order valence-corrected chi connectivity index (χ2v) is 31.5. The van der Waals surface area contributed by atoms with Crippen LogP contribution in [-0.4, -0.2) is 96.7 Å². The summed E-state index contributed by atoms with van der Waals surface area (Å²) in [6.45, 7) is 7.27. The number of unbranched alkanes of at least 4 members (excludes halogenated alkanes) is 50. The van der Waals surface area contributed by atoms with Crippen LogP contribution < -0.4 is 0 Å². The molecular weight excluding hydrogens is 1270 g/mol. The highest BCUT2D eigenvalue weighted by molar-refractivity contribution is 7.47. The van der Waals surface area contributed by atoms with Gasteiger partial charge in [0.2, 0.25) is 0 Å². The van der Waals surface area contributed by atoms with Crippen molar-refractivity contribution in [2.24, 2.45) is 5.92 Å². The van der Waals surface area contributed by atoms with Crippen LogP contribution in [0.3, 0.4) is 0 Å². The number of hydrogen-bond donors (Lipinski definition) is 3. The first-order valence-corrected chi connectivity index (χ1v) is 43.6. The lowest BCUT2D eigenvalue weighted by Gasteiger charge is -2.21. The molecule has 5 atom stereocenters. The summed E-state index contributed by atoms with van der Waals surface area (Å²) >= 11 is 0. The first-order chi connectivity index (χ1) is 47.0. The minimum atomic E-state index is -4.96. The molecule has 0 aromatic carbocycles. The number of aliphatic hydroxyl groups excluding tert-OH is 1. The molecule has 0 fully saturated rings. The SMILES string of the molecule is CCCCCCCCCCCCCCCCCCCCCCC(=O)O[C@H](COC(=O)CCCCCCCCCCCCCCCCCC)COP(=O)(O)OC[C@@H](O)COP(=O)(O)OC[C@@H](COC(=O)CCCCCCCCCCC)OC(=O)CCCCCCCCCCCC(C)C. The van der Waals surface area contributed by atoms with E-state index < -0.39 is 97.5 Å². The zero-order chi connectivity index (χ0) is 71.2. The molecule has 0 aliphatic rings. The Bertz CT molecular complexity index is 1860. The highest BCUT2D eigenvalue weighted by Gasteiger charge is 2.30. The van der Waals surface area contributed by atoms with Crippen molar-refractivity contribution in [3.8, 4) is 0 Å². The van der Waals surface area contributed by atoms with Gasteiger partial charge in [0.05, 0.1) is 26.4 Å². The Hall–Kier alpha value is -1.94. The minimum Gasteiger partial charge on any atom is -0.462 e. The van der Waals surface area contributed by atoms with Crippen LogP contribution in [0.5, 0.6) is 0 Å². The van der Waals surface area contributed by atoms with E-state index in [2.05, 4.69) is 34.6 Å². The summed E-state index contributed by atoms with van der Waals surface area (Å²) in [5.41, 5.74) is 0. The van der Waals surface area contributed by atoms with Crippen LogP contribution >= 0.6 is 15.6 Å². The van der Waals surface area contributed by atoms with Crippen LogP contribution in [0.25, 0.3) is 0 Å². The monoisotopic (exact) mass is 1420 g/mol. The number of hydrogen-bond acceptors (Lipinski definition) is 15. The minimum absolute atomic E-state index is 0.106. The van der Waals surface area contributed by atoms with Crippen LogP contribution in [0.15, 0.2) is 0 Å². The van der Waals surface area contributed by atoms with Gasteiger partial charge in [0.1, 0.15) is 19.3 Å². The number of carbonyl (C=O) groups excluding carboxylic acids is 4. The van der Waals surface area contributed by atoms with E-state index in [0.29, 0.717) is 25.7 Å². The predicted octanol–water partition coefficient (Wildman–Crippen LogP) is 23.3. The Labute approximate surface area is 594 Å². The number of ether oxygens (including phenoxy) is 4. The summed E-state index contributed by atoms with van der Waals surface area (Å²) in [7, 11) is -9.91. The summed E-state index contributed by atoms with van der Waals surface area (Å²) in [5, 5.41) is 10.6. The number of esters is 4. The first-order valence-electron chi connectivity index (χ1n) is 40.6. The van der Waals surface area contributed by atoms with E-state index in [4.69, 9.17) is 37.0 Å². The standard InChI is InChI=1S/C78H152O17P2/c1-6-9-12-15-18-21-23-25-27-29-30-31-32-34-36-38-43-48-53-58-63-77(82)94-74(68-89-76(81)62-57-52-47-42-37-35-33-28-26-24-22-19-16-13-10-7-2)70-93-97(86,87)91-66-72(79)65-90-96(84,85)92-69-73(67-88-75(80)61-56-51-46-40-20-17-14-11-8-3)95-78(83)64-59-54-49-44-39-41-45-50-55-60-71(4)5/h71-74,79H,6-70H2,1-5H3,(H,84,85)(H,86,87)/t72-,73+,74+/m0/s1. The number of phosphoric acid groups is 2. The lowest BCUT2D eigenvalue weighted by molar-refractivity contribution is -0.161. The first kappa shape index (κ1) is 95.1. The molecule has 0 bridgehead atoms. The molecule has 0 saturated heterocycles. The molecule has 576 valence electrons. The molecule has 97 heavy (non-hydrogen) atoms. The van der Waals surface area contributed by atoms with Crippen molar-refractivity contribution < 1.29 is 80.2 Å². The third-order valence-corrected chi connectivity index (χ3v) is 20.2. The molecule has 0 aliphatic carbocycles. The van der Waals surface area contributed by atoms with E-state index in [1.54, 1.807) is 0 Å². The van der Waals surface area contributed by atoms with Crippen molar-refractivity contribution >= 4 is 39.5 Å². The van der Waals surface area contributed by atoms with Crippen LogP contribution in [0.1, 0.15) is 413 Å². The summed E-state index contributed by atoms with van der Waals surface area (Å²) in [6.07, 6.45) is 61.1. The Balaban J connectivity index is 5.21. The largest absolute Gasteiger partial charge is 0.472 e. The Morgan fingerprint density at radius 3 is 0.701 bits per heavy atom. The molecule has 0 amide bonds. The van der Waals surface area contributed by atoms with Crippen molar-refractivity contribution in [2.75, 3.05) is 39.6 Å². The van der Waals surface area contributed by atoms with Gasteiger partial charge in [-0.15, -0.1) is 0 Å². The van der Waals surface area contributed by atoms with Crippen LogP contribution in [0, 0.1) is 5.92 Å². The number of rotatable bonds is 78. The Kier molecular flexibility index (Phi) is 69.6. The topological polar surface area (TPSA) is 237 Å². The van der Waals surface area contributed by atoms with Crippen LogP contribution in [-0.2, 0) is 65.4 Å². The molecule has 17 nitrogen and oxygen atoms in total. The van der Waals surface area contributed by atoms with E-state index in [9.17, 15) is 43.2 Å².